The maximum Gasteiger partial charge on any atom is 0.289 e. The summed E-state index contributed by atoms with van der Waals surface area (Å²) in [6, 6.07) is 22.0. The molecular weight excluding hydrogens is 394 g/mol. The molecule has 1 amide bonds. The van der Waals surface area contributed by atoms with E-state index in [1.54, 1.807) is 11.3 Å². The lowest BCUT2D eigenvalue weighted by Crippen LogP contribution is -2.25. The second-order valence-corrected chi connectivity index (χ2v) is 8.18. The fraction of sp³-hybridized carbons (Fsp3) is 0.125. The van der Waals surface area contributed by atoms with Crippen molar-refractivity contribution in [2.75, 3.05) is 0 Å². The molecule has 6 heteroatoms. The highest BCUT2D eigenvalue weighted by atomic mass is 32.1. The van der Waals surface area contributed by atoms with Gasteiger partial charge in [0.15, 0.2) is 0 Å². The minimum atomic E-state index is -0.310. The molecule has 148 valence electrons. The highest BCUT2D eigenvalue weighted by Crippen LogP contribution is 2.34. The summed E-state index contributed by atoms with van der Waals surface area (Å²) in [4.78, 5) is 22.2. The second-order valence-electron chi connectivity index (χ2n) is 7.13. The van der Waals surface area contributed by atoms with Gasteiger partial charge in [-0.05, 0) is 30.7 Å². The number of furan rings is 1. The van der Waals surface area contributed by atoms with E-state index in [0.29, 0.717) is 18.7 Å². The number of nitrogens with one attached hydrogen (secondary N) is 1. The number of aryl methyl sites for hydroxylation is 1. The van der Waals surface area contributed by atoms with Crippen molar-refractivity contribution in [3.63, 3.8) is 0 Å². The summed E-state index contributed by atoms with van der Waals surface area (Å²) in [6.07, 6.45) is 0.643. The number of carbonyl (C=O) groups is 1. The van der Waals surface area contributed by atoms with E-state index in [1.165, 1.54) is 0 Å². The van der Waals surface area contributed by atoms with Crippen LogP contribution < -0.4 is 5.32 Å². The molecule has 0 saturated carbocycles. The Morgan fingerprint density at radius 3 is 2.60 bits per heavy atom. The molecular formula is C24H19N3O2S. The molecule has 3 aromatic heterocycles. The maximum atomic E-state index is 12.9. The van der Waals surface area contributed by atoms with Crippen molar-refractivity contribution < 1.29 is 9.21 Å². The third kappa shape index (κ3) is 3.57. The number of hydrogen-bond acceptors (Lipinski definition) is 5. The van der Waals surface area contributed by atoms with Crippen LogP contribution in [0.3, 0.4) is 0 Å². The van der Waals surface area contributed by atoms with E-state index in [9.17, 15) is 4.79 Å². The molecule has 2 aromatic carbocycles. The van der Waals surface area contributed by atoms with Gasteiger partial charge in [-0.15, -0.1) is 11.3 Å². The predicted molar refractivity (Wildman–Crippen MR) is 119 cm³/mol. The van der Waals surface area contributed by atoms with Gasteiger partial charge >= 0.3 is 0 Å². The molecule has 5 nitrogen and oxygen atoms in total. The summed E-state index contributed by atoms with van der Waals surface area (Å²) < 4.78 is 7.70. The van der Waals surface area contributed by atoms with E-state index in [0.717, 1.165) is 37.3 Å². The first-order valence-corrected chi connectivity index (χ1v) is 10.5. The van der Waals surface area contributed by atoms with Crippen LogP contribution in [-0.2, 0) is 13.0 Å². The van der Waals surface area contributed by atoms with E-state index in [4.69, 9.17) is 4.42 Å². The van der Waals surface area contributed by atoms with Crippen molar-refractivity contribution >= 4 is 37.5 Å². The maximum absolute atomic E-state index is 12.9. The van der Waals surface area contributed by atoms with Crippen molar-refractivity contribution in [3.8, 4) is 0 Å². The second kappa shape index (κ2) is 7.72. The third-order valence-corrected chi connectivity index (χ3v) is 6.14. The van der Waals surface area contributed by atoms with Gasteiger partial charge in [-0.2, -0.15) is 0 Å². The van der Waals surface area contributed by atoms with Crippen molar-refractivity contribution in [3.05, 3.63) is 95.3 Å². The van der Waals surface area contributed by atoms with Crippen LogP contribution in [0.5, 0.6) is 0 Å². The minimum Gasteiger partial charge on any atom is -0.465 e. The standard InChI is InChI=1S/C24H19N3O2S/c1-15-11-12-17(29-15)14-25-24(28)23-26-19(13-16-7-3-2-4-8-16)22-21(27-23)18-9-5-6-10-20(18)30-22/h2-12H,13-14H2,1H3,(H,25,28). The number of rotatable bonds is 5. The number of amides is 1. The normalized spacial score (nSPS) is 11.2. The van der Waals surface area contributed by atoms with Crippen LogP contribution >= 0.6 is 11.3 Å². The van der Waals surface area contributed by atoms with Gasteiger partial charge in [0.2, 0.25) is 5.82 Å². The van der Waals surface area contributed by atoms with Gasteiger partial charge in [-0.3, -0.25) is 4.79 Å². The number of thiophene rings is 1. The Morgan fingerprint density at radius 2 is 1.80 bits per heavy atom. The van der Waals surface area contributed by atoms with Crippen molar-refractivity contribution in [1.29, 1.82) is 0 Å². The van der Waals surface area contributed by atoms with Crippen molar-refractivity contribution in [2.24, 2.45) is 0 Å². The van der Waals surface area contributed by atoms with E-state index < -0.39 is 0 Å². The van der Waals surface area contributed by atoms with Crippen LogP contribution in [-0.4, -0.2) is 15.9 Å². The molecule has 0 aliphatic heterocycles. The number of hydrogen-bond donors (Lipinski definition) is 1. The first-order valence-electron chi connectivity index (χ1n) is 9.73. The fourth-order valence-electron chi connectivity index (χ4n) is 3.49. The molecule has 0 aliphatic rings. The Balaban J connectivity index is 1.55. The number of benzene rings is 2. The topological polar surface area (TPSA) is 68.0 Å². The number of aromatic nitrogens is 2. The summed E-state index contributed by atoms with van der Waals surface area (Å²) in [5, 5.41) is 3.92. The average molecular weight is 414 g/mol. The molecule has 0 radical (unpaired) electrons. The molecule has 0 saturated heterocycles. The van der Waals surface area contributed by atoms with Crippen molar-refractivity contribution in [2.45, 2.75) is 19.9 Å². The van der Waals surface area contributed by atoms with Gasteiger partial charge in [0.1, 0.15) is 11.5 Å². The molecule has 30 heavy (non-hydrogen) atoms. The highest BCUT2D eigenvalue weighted by Gasteiger charge is 2.18. The molecule has 0 bridgehead atoms. The molecule has 0 spiro atoms. The molecule has 0 aliphatic carbocycles. The van der Waals surface area contributed by atoms with Crippen LogP contribution in [0.2, 0.25) is 0 Å². The van der Waals surface area contributed by atoms with Crippen LogP contribution in [0.4, 0.5) is 0 Å². The Bertz CT molecular complexity index is 1360. The average Bonchev–Trinajstić information content (AvgIpc) is 3.36. The summed E-state index contributed by atoms with van der Waals surface area (Å²) in [7, 11) is 0. The van der Waals surface area contributed by atoms with E-state index in [1.807, 2.05) is 55.5 Å². The highest BCUT2D eigenvalue weighted by molar-refractivity contribution is 7.25. The van der Waals surface area contributed by atoms with Gasteiger partial charge in [0.05, 0.1) is 22.5 Å². The van der Waals surface area contributed by atoms with Gasteiger partial charge in [0.25, 0.3) is 5.91 Å². The first kappa shape index (κ1) is 18.5. The smallest absolute Gasteiger partial charge is 0.289 e. The zero-order valence-electron chi connectivity index (χ0n) is 16.4. The van der Waals surface area contributed by atoms with Gasteiger partial charge in [0, 0.05) is 16.5 Å². The summed E-state index contributed by atoms with van der Waals surface area (Å²) in [6.45, 7) is 2.17. The molecule has 5 rings (SSSR count). The Kier molecular flexibility index (Phi) is 4.77. The zero-order valence-corrected chi connectivity index (χ0v) is 17.2. The quantitative estimate of drug-likeness (QED) is 0.426. The van der Waals surface area contributed by atoms with Crippen molar-refractivity contribution in [1.82, 2.24) is 15.3 Å². The SMILES string of the molecule is Cc1ccc(CNC(=O)c2nc(Cc3ccccc3)c3sc4ccccc4c3n2)o1. The molecule has 0 unspecified atom stereocenters. The van der Waals surface area contributed by atoms with Crippen LogP contribution in [0.15, 0.2) is 71.1 Å². The summed E-state index contributed by atoms with van der Waals surface area (Å²) >= 11 is 1.67. The zero-order chi connectivity index (χ0) is 20.5. The largest absolute Gasteiger partial charge is 0.465 e. The third-order valence-electron chi connectivity index (χ3n) is 4.93. The Hall–Kier alpha value is -3.51. The number of fused-ring (bicyclic) bond motifs is 3. The van der Waals surface area contributed by atoms with E-state index in [2.05, 4.69) is 33.5 Å². The fourth-order valence-corrected chi connectivity index (χ4v) is 4.61. The lowest BCUT2D eigenvalue weighted by Gasteiger charge is -2.07. The van der Waals surface area contributed by atoms with E-state index in [-0.39, 0.29) is 11.7 Å². The monoisotopic (exact) mass is 413 g/mol. The summed E-state index contributed by atoms with van der Waals surface area (Å²) in [5.74, 6) is 1.38. The minimum absolute atomic E-state index is 0.181. The van der Waals surface area contributed by atoms with Crippen LogP contribution in [0, 0.1) is 6.92 Å². The molecule has 3 heterocycles. The Morgan fingerprint density at radius 1 is 1.00 bits per heavy atom. The summed E-state index contributed by atoms with van der Waals surface area (Å²) in [5.41, 5.74) is 2.84. The number of nitrogens with zero attached hydrogens (tertiary/aromatic N) is 2. The van der Waals surface area contributed by atoms with Gasteiger partial charge < -0.3 is 9.73 Å². The van der Waals surface area contributed by atoms with Crippen LogP contribution in [0.25, 0.3) is 20.3 Å². The van der Waals surface area contributed by atoms with Gasteiger partial charge in [-0.1, -0.05) is 48.5 Å². The molecule has 0 fully saturated rings. The molecule has 5 aromatic rings. The lowest BCUT2D eigenvalue weighted by molar-refractivity contribution is 0.0937. The lowest BCUT2D eigenvalue weighted by atomic mass is 10.1. The predicted octanol–water partition coefficient (Wildman–Crippen LogP) is 5.27. The Labute approximate surface area is 177 Å². The first-order chi connectivity index (χ1) is 14.7. The van der Waals surface area contributed by atoms with E-state index >= 15 is 0 Å². The van der Waals surface area contributed by atoms with Crippen LogP contribution in [0.1, 0.15) is 33.4 Å². The number of carbonyl (C=O) groups excluding carboxylic acids is 1. The molecule has 1 N–H and O–H groups in total. The molecule has 0 atom stereocenters. The van der Waals surface area contributed by atoms with Gasteiger partial charge in [-0.25, -0.2) is 9.97 Å².